The van der Waals surface area contributed by atoms with E-state index < -0.39 is 0 Å². The lowest BCUT2D eigenvalue weighted by Gasteiger charge is -2.06. The molecule has 1 aliphatic rings. The van der Waals surface area contributed by atoms with Crippen molar-refractivity contribution in [2.24, 2.45) is 4.99 Å². The molecule has 1 aromatic heterocycles. The van der Waals surface area contributed by atoms with Crippen LogP contribution in [0.2, 0.25) is 0 Å². The third-order valence-electron chi connectivity index (χ3n) is 3.04. The second kappa shape index (κ2) is 5.16. The molecule has 2 aromatic rings. The molecule has 6 heteroatoms. The number of anilines is 1. The molecule has 3 N–H and O–H groups in total. The summed E-state index contributed by atoms with van der Waals surface area (Å²) in [4.78, 5) is 23.2. The van der Waals surface area contributed by atoms with Crippen LogP contribution in [0.1, 0.15) is 21.9 Å². The predicted molar refractivity (Wildman–Crippen MR) is 77.1 cm³/mol. The number of nitrogens with zero attached hydrogens (tertiary/aromatic N) is 2. The van der Waals surface area contributed by atoms with Gasteiger partial charge in [-0.1, -0.05) is 0 Å². The molecule has 0 spiro atoms. The minimum Gasteiger partial charge on any atom is -0.368 e. The van der Waals surface area contributed by atoms with Crippen LogP contribution in [0, 0.1) is 6.92 Å². The van der Waals surface area contributed by atoms with Crippen LogP contribution in [0.15, 0.2) is 35.5 Å². The van der Waals surface area contributed by atoms with E-state index in [9.17, 15) is 4.79 Å². The molecule has 2 heterocycles. The monoisotopic (exact) mass is 269 g/mol. The Morgan fingerprint density at radius 3 is 2.70 bits per heavy atom. The lowest BCUT2D eigenvalue weighted by Crippen LogP contribution is -2.19. The topological polar surface area (TPSA) is 82.2 Å². The first-order valence-electron chi connectivity index (χ1n) is 6.44. The van der Waals surface area contributed by atoms with Crippen LogP contribution in [-0.2, 0) is 0 Å². The van der Waals surface area contributed by atoms with Crippen molar-refractivity contribution in [3.8, 4) is 0 Å². The first-order valence-corrected chi connectivity index (χ1v) is 6.44. The normalized spacial score (nSPS) is 13.8. The van der Waals surface area contributed by atoms with Gasteiger partial charge in [-0.15, -0.1) is 0 Å². The van der Waals surface area contributed by atoms with Crippen LogP contribution < -0.4 is 10.6 Å². The molecule has 0 saturated carbocycles. The van der Waals surface area contributed by atoms with E-state index in [0.29, 0.717) is 5.69 Å². The fourth-order valence-electron chi connectivity index (χ4n) is 2.04. The zero-order chi connectivity index (χ0) is 13.9. The number of aliphatic imine (C=N–C) groups is 1. The molecule has 0 fully saturated rings. The summed E-state index contributed by atoms with van der Waals surface area (Å²) in [6, 6.07) is 7.59. The van der Waals surface area contributed by atoms with Gasteiger partial charge in [0.2, 0.25) is 0 Å². The summed E-state index contributed by atoms with van der Waals surface area (Å²) in [6.07, 6.45) is 1.52. The van der Waals surface area contributed by atoms with Crippen LogP contribution in [0.3, 0.4) is 0 Å². The minimum absolute atomic E-state index is 0.199. The van der Waals surface area contributed by atoms with Crippen LogP contribution in [0.5, 0.6) is 0 Å². The lowest BCUT2D eigenvalue weighted by atomic mass is 10.2. The molecule has 1 aromatic carbocycles. The van der Waals surface area contributed by atoms with E-state index >= 15 is 0 Å². The van der Waals surface area contributed by atoms with Crippen molar-refractivity contribution in [1.82, 2.24) is 15.3 Å². The Morgan fingerprint density at radius 2 is 2.10 bits per heavy atom. The van der Waals surface area contributed by atoms with Crippen molar-refractivity contribution in [2.45, 2.75) is 6.92 Å². The fourth-order valence-corrected chi connectivity index (χ4v) is 2.04. The Hall–Kier alpha value is -2.63. The number of amidine groups is 1. The third-order valence-corrected chi connectivity index (χ3v) is 3.04. The second-order valence-electron chi connectivity index (χ2n) is 4.57. The first kappa shape index (κ1) is 12.4. The molecule has 0 unspecified atom stereocenters. The number of H-pyrrole nitrogens is 1. The highest BCUT2D eigenvalue weighted by Gasteiger charge is 2.10. The summed E-state index contributed by atoms with van der Waals surface area (Å²) >= 11 is 0. The Morgan fingerprint density at radius 1 is 1.30 bits per heavy atom. The summed E-state index contributed by atoms with van der Waals surface area (Å²) in [7, 11) is 0. The maximum absolute atomic E-state index is 12.0. The standard InChI is InChI=1S/C14H15N5O/c1-9-17-8-12(18-9)14(20)19-11-4-2-10(3-5-11)13-15-6-7-16-13/h2-5,8H,6-7H2,1H3,(H,15,16)(H,17,18)(H,19,20). The summed E-state index contributed by atoms with van der Waals surface area (Å²) in [5.41, 5.74) is 2.22. The van der Waals surface area contributed by atoms with Gasteiger partial charge in [0.05, 0.1) is 12.7 Å². The smallest absolute Gasteiger partial charge is 0.273 e. The number of benzene rings is 1. The van der Waals surface area contributed by atoms with Crippen molar-refractivity contribution in [2.75, 3.05) is 18.4 Å². The SMILES string of the molecule is Cc1ncc(C(=O)Nc2ccc(C3=NCCN3)cc2)[nH]1. The van der Waals surface area contributed by atoms with E-state index in [4.69, 9.17) is 0 Å². The zero-order valence-corrected chi connectivity index (χ0v) is 11.1. The van der Waals surface area contributed by atoms with E-state index in [1.807, 2.05) is 24.3 Å². The number of hydrogen-bond acceptors (Lipinski definition) is 4. The molecular weight excluding hydrogens is 254 g/mol. The molecule has 0 atom stereocenters. The fraction of sp³-hybridized carbons (Fsp3) is 0.214. The van der Waals surface area contributed by atoms with E-state index in [-0.39, 0.29) is 5.91 Å². The average Bonchev–Trinajstić information content (AvgIpc) is 3.10. The Kier molecular flexibility index (Phi) is 3.20. The van der Waals surface area contributed by atoms with Gasteiger partial charge in [-0.2, -0.15) is 0 Å². The number of aryl methyl sites for hydroxylation is 1. The zero-order valence-electron chi connectivity index (χ0n) is 11.1. The molecular formula is C14H15N5O. The molecule has 0 aliphatic carbocycles. The number of nitrogens with one attached hydrogen (secondary N) is 3. The van der Waals surface area contributed by atoms with Gasteiger partial charge in [-0.05, 0) is 31.2 Å². The number of hydrogen-bond donors (Lipinski definition) is 3. The number of aromatic nitrogens is 2. The number of carbonyl (C=O) groups excluding carboxylic acids is 1. The van der Waals surface area contributed by atoms with Gasteiger partial charge in [0.25, 0.3) is 5.91 Å². The Labute approximate surface area is 116 Å². The number of imidazole rings is 1. The Bertz CT molecular complexity index is 656. The number of rotatable bonds is 3. The van der Waals surface area contributed by atoms with Gasteiger partial charge in [0.15, 0.2) is 0 Å². The van der Waals surface area contributed by atoms with Crippen molar-refractivity contribution < 1.29 is 4.79 Å². The molecule has 3 rings (SSSR count). The van der Waals surface area contributed by atoms with E-state index in [2.05, 4.69) is 25.6 Å². The summed E-state index contributed by atoms with van der Waals surface area (Å²) in [5, 5.41) is 6.03. The molecule has 1 aliphatic heterocycles. The van der Waals surface area contributed by atoms with Crippen LogP contribution in [0.25, 0.3) is 0 Å². The van der Waals surface area contributed by atoms with Gasteiger partial charge in [0, 0.05) is 17.8 Å². The van der Waals surface area contributed by atoms with Crippen LogP contribution in [-0.4, -0.2) is 34.8 Å². The van der Waals surface area contributed by atoms with Gasteiger partial charge in [-0.3, -0.25) is 9.79 Å². The van der Waals surface area contributed by atoms with E-state index in [1.165, 1.54) is 6.20 Å². The molecule has 1 amide bonds. The summed E-state index contributed by atoms with van der Waals surface area (Å²) in [5.74, 6) is 1.43. The predicted octanol–water partition coefficient (Wildman–Crippen LogP) is 1.32. The van der Waals surface area contributed by atoms with Crippen LogP contribution in [0.4, 0.5) is 5.69 Å². The van der Waals surface area contributed by atoms with Crippen molar-refractivity contribution in [3.05, 3.63) is 47.5 Å². The third kappa shape index (κ3) is 2.54. The molecule has 0 bridgehead atoms. The summed E-state index contributed by atoms with van der Waals surface area (Å²) in [6.45, 7) is 3.50. The molecule has 0 saturated heterocycles. The van der Waals surface area contributed by atoms with Crippen LogP contribution >= 0.6 is 0 Å². The van der Waals surface area contributed by atoms with Crippen molar-refractivity contribution in [1.29, 1.82) is 0 Å². The lowest BCUT2D eigenvalue weighted by molar-refractivity contribution is 0.102. The molecule has 6 nitrogen and oxygen atoms in total. The summed E-state index contributed by atoms with van der Waals surface area (Å²) < 4.78 is 0. The van der Waals surface area contributed by atoms with Crippen molar-refractivity contribution >= 4 is 17.4 Å². The van der Waals surface area contributed by atoms with Gasteiger partial charge < -0.3 is 15.6 Å². The number of amides is 1. The number of carbonyl (C=O) groups is 1. The van der Waals surface area contributed by atoms with Gasteiger partial charge in [-0.25, -0.2) is 4.98 Å². The second-order valence-corrected chi connectivity index (χ2v) is 4.57. The maximum Gasteiger partial charge on any atom is 0.273 e. The van der Waals surface area contributed by atoms with Gasteiger partial charge in [0.1, 0.15) is 17.4 Å². The highest BCUT2D eigenvalue weighted by atomic mass is 16.1. The molecule has 102 valence electrons. The first-order chi connectivity index (χ1) is 9.72. The van der Waals surface area contributed by atoms with Crippen molar-refractivity contribution in [3.63, 3.8) is 0 Å². The van der Waals surface area contributed by atoms with E-state index in [0.717, 1.165) is 36.0 Å². The minimum atomic E-state index is -0.199. The van der Waals surface area contributed by atoms with E-state index in [1.54, 1.807) is 6.92 Å². The molecule has 0 radical (unpaired) electrons. The molecule has 20 heavy (non-hydrogen) atoms. The highest BCUT2D eigenvalue weighted by Crippen LogP contribution is 2.12. The number of aromatic amines is 1. The van der Waals surface area contributed by atoms with Gasteiger partial charge >= 0.3 is 0 Å². The quantitative estimate of drug-likeness (QED) is 0.786. The average molecular weight is 269 g/mol. The highest BCUT2D eigenvalue weighted by molar-refractivity contribution is 6.03. The largest absolute Gasteiger partial charge is 0.368 e. The maximum atomic E-state index is 12.0. The Balaban J connectivity index is 1.70.